The zero-order chi connectivity index (χ0) is 11.0. The van der Waals surface area contributed by atoms with Crippen molar-refractivity contribution < 1.29 is 4.92 Å². The van der Waals surface area contributed by atoms with E-state index in [1.54, 1.807) is 18.2 Å². The van der Waals surface area contributed by atoms with Crippen LogP contribution in [0.5, 0.6) is 0 Å². The number of rotatable bonds is 1. The van der Waals surface area contributed by atoms with Gasteiger partial charge in [0.25, 0.3) is 5.69 Å². The lowest BCUT2D eigenvalue weighted by Crippen LogP contribution is -2.29. The van der Waals surface area contributed by atoms with Crippen molar-refractivity contribution in [3.63, 3.8) is 0 Å². The summed E-state index contributed by atoms with van der Waals surface area (Å²) in [5.41, 5.74) is 2.08. The number of anilines is 1. The van der Waals surface area contributed by atoms with Crippen molar-refractivity contribution in [3.8, 4) is 0 Å². The quantitative estimate of drug-likeness (QED) is 0.451. The molecule has 0 spiro atoms. The highest BCUT2D eigenvalue weighted by Crippen LogP contribution is 2.30. The summed E-state index contributed by atoms with van der Waals surface area (Å²) in [4.78, 5) is 12.3. The van der Waals surface area contributed by atoms with E-state index in [0.717, 1.165) is 11.3 Å². The molecule has 0 radical (unpaired) electrons. The highest BCUT2D eigenvalue weighted by atomic mass is 127. The van der Waals surface area contributed by atoms with Gasteiger partial charge in [-0.2, -0.15) is 0 Å². The van der Waals surface area contributed by atoms with Crippen LogP contribution in [0.1, 0.15) is 12.5 Å². The summed E-state index contributed by atoms with van der Waals surface area (Å²) >= 11 is 0. The first-order chi connectivity index (χ1) is 7.09. The molecule has 0 saturated heterocycles. The van der Waals surface area contributed by atoms with Crippen molar-refractivity contribution in [2.24, 2.45) is 0 Å². The number of likely N-dealkylation sites (N-methyl/N-ethyl adjacent to an activating group) is 1. The first-order valence-corrected chi connectivity index (χ1v) is 4.79. The maximum Gasteiger partial charge on any atom is 0.270 e. The zero-order valence-electron chi connectivity index (χ0n) is 9.08. The molecule has 1 heterocycles. The second-order valence-corrected chi connectivity index (χ2v) is 3.71. The summed E-state index contributed by atoms with van der Waals surface area (Å²) in [5.74, 6) is 0. The average molecular weight is 332 g/mol. The molecular weight excluding hydrogens is 319 g/mol. The molecule has 2 rings (SSSR count). The van der Waals surface area contributed by atoms with Gasteiger partial charge in [0, 0.05) is 36.5 Å². The molecule has 0 N–H and O–H groups in total. The van der Waals surface area contributed by atoms with Gasteiger partial charge in [-0.05, 0) is 13.0 Å². The van der Waals surface area contributed by atoms with Crippen LogP contribution in [0, 0.1) is 10.1 Å². The SMILES string of the molecule is CC1C=Cc2cc([N+](=O)[O-])ccc2N1C.I. The van der Waals surface area contributed by atoms with Crippen LogP contribution in [-0.4, -0.2) is 18.0 Å². The number of nitro groups is 1. The minimum Gasteiger partial charge on any atom is -0.368 e. The van der Waals surface area contributed by atoms with Crippen molar-refractivity contribution in [2.75, 3.05) is 11.9 Å². The first kappa shape index (κ1) is 13.0. The summed E-state index contributed by atoms with van der Waals surface area (Å²) in [6.45, 7) is 2.08. The first-order valence-electron chi connectivity index (χ1n) is 4.79. The van der Waals surface area contributed by atoms with E-state index in [1.807, 2.05) is 19.2 Å². The molecule has 0 saturated carbocycles. The van der Waals surface area contributed by atoms with Gasteiger partial charge in [0.2, 0.25) is 0 Å². The Bertz CT molecular complexity index is 446. The van der Waals surface area contributed by atoms with E-state index < -0.39 is 0 Å². The number of nitrogens with zero attached hydrogens (tertiary/aromatic N) is 2. The summed E-state index contributed by atoms with van der Waals surface area (Å²) in [5, 5.41) is 10.6. The van der Waals surface area contributed by atoms with Crippen LogP contribution in [0.25, 0.3) is 6.08 Å². The minimum atomic E-state index is -0.369. The van der Waals surface area contributed by atoms with Crippen LogP contribution in [0.15, 0.2) is 24.3 Å². The fourth-order valence-corrected chi connectivity index (χ4v) is 1.70. The second-order valence-electron chi connectivity index (χ2n) is 3.71. The average Bonchev–Trinajstić information content (AvgIpc) is 2.23. The van der Waals surface area contributed by atoms with Crippen LogP contribution in [0.2, 0.25) is 0 Å². The molecule has 0 amide bonds. The minimum absolute atomic E-state index is 0. The molecule has 1 aliphatic heterocycles. The van der Waals surface area contributed by atoms with Crippen molar-refractivity contribution in [3.05, 3.63) is 40.0 Å². The molecule has 0 fully saturated rings. The topological polar surface area (TPSA) is 46.4 Å². The Morgan fingerprint density at radius 3 is 2.75 bits per heavy atom. The number of hydrogen-bond acceptors (Lipinski definition) is 3. The zero-order valence-corrected chi connectivity index (χ0v) is 11.4. The lowest BCUT2D eigenvalue weighted by Gasteiger charge is -2.29. The van der Waals surface area contributed by atoms with Gasteiger partial charge in [-0.3, -0.25) is 10.1 Å². The van der Waals surface area contributed by atoms with Gasteiger partial charge in [-0.15, -0.1) is 24.0 Å². The molecule has 1 aromatic rings. The normalized spacial score (nSPS) is 17.6. The number of halogens is 1. The van der Waals surface area contributed by atoms with Gasteiger partial charge in [0.1, 0.15) is 0 Å². The van der Waals surface area contributed by atoms with Crippen LogP contribution in [0.4, 0.5) is 11.4 Å². The Morgan fingerprint density at radius 2 is 2.12 bits per heavy atom. The molecule has 1 aliphatic rings. The van der Waals surface area contributed by atoms with Crippen molar-refractivity contribution >= 4 is 41.4 Å². The lowest BCUT2D eigenvalue weighted by atomic mass is 10.0. The van der Waals surface area contributed by atoms with E-state index in [2.05, 4.69) is 11.8 Å². The summed E-state index contributed by atoms with van der Waals surface area (Å²) in [7, 11) is 1.98. The standard InChI is InChI=1S/C11H12N2O2.HI/c1-8-3-4-9-7-10(13(14)15)5-6-11(9)12(8)2;/h3-8H,1-2H3;1H. The lowest BCUT2D eigenvalue weighted by molar-refractivity contribution is -0.384. The number of benzene rings is 1. The molecular formula is C11H13IN2O2. The Hall–Kier alpha value is -1.11. The molecule has 1 unspecified atom stereocenters. The van der Waals surface area contributed by atoms with Gasteiger partial charge in [-0.25, -0.2) is 0 Å². The summed E-state index contributed by atoms with van der Waals surface area (Å²) in [6.07, 6.45) is 3.97. The highest BCUT2D eigenvalue weighted by molar-refractivity contribution is 14.0. The van der Waals surface area contributed by atoms with Gasteiger partial charge < -0.3 is 4.90 Å². The Morgan fingerprint density at radius 1 is 1.44 bits per heavy atom. The molecule has 86 valence electrons. The second kappa shape index (κ2) is 4.82. The van der Waals surface area contributed by atoms with E-state index in [-0.39, 0.29) is 34.6 Å². The maximum absolute atomic E-state index is 10.6. The van der Waals surface area contributed by atoms with E-state index >= 15 is 0 Å². The van der Waals surface area contributed by atoms with E-state index in [9.17, 15) is 10.1 Å². The number of nitro benzene ring substituents is 1. The predicted octanol–water partition coefficient (Wildman–Crippen LogP) is 3.06. The fourth-order valence-electron chi connectivity index (χ4n) is 1.70. The summed E-state index contributed by atoms with van der Waals surface area (Å²) < 4.78 is 0. The Kier molecular flexibility index (Phi) is 3.90. The molecule has 0 aliphatic carbocycles. The van der Waals surface area contributed by atoms with Crippen LogP contribution in [-0.2, 0) is 0 Å². The van der Waals surface area contributed by atoms with Crippen molar-refractivity contribution in [1.29, 1.82) is 0 Å². The monoisotopic (exact) mass is 332 g/mol. The third kappa shape index (κ3) is 2.18. The highest BCUT2D eigenvalue weighted by Gasteiger charge is 2.17. The van der Waals surface area contributed by atoms with E-state index in [0.29, 0.717) is 6.04 Å². The number of fused-ring (bicyclic) bond motifs is 1. The van der Waals surface area contributed by atoms with Crippen molar-refractivity contribution in [1.82, 2.24) is 0 Å². The number of hydrogen-bond donors (Lipinski definition) is 0. The smallest absolute Gasteiger partial charge is 0.270 e. The van der Waals surface area contributed by atoms with Crippen LogP contribution < -0.4 is 4.90 Å². The predicted molar refractivity (Wildman–Crippen MR) is 75.4 cm³/mol. The molecule has 0 aromatic heterocycles. The van der Waals surface area contributed by atoms with Gasteiger partial charge in [0.05, 0.1) is 4.92 Å². The number of non-ortho nitro benzene ring substituents is 1. The third-order valence-corrected chi connectivity index (χ3v) is 2.77. The Balaban J connectivity index is 0.00000128. The summed E-state index contributed by atoms with van der Waals surface area (Å²) in [6, 6.07) is 5.28. The fraction of sp³-hybridized carbons (Fsp3) is 0.273. The molecule has 0 bridgehead atoms. The van der Waals surface area contributed by atoms with Crippen molar-refractivity contribution in [2.45, 2.75) is 13.0 Å². The van der Waals surface area contributed by atoms with Gasteiger partial charge in [0.15, 0.2) is 0 Å². The van der Waals surface area contributed by atoms with Crippen LogP contribution >= 0.6 is 24.0 Å². The Labute approximate surface area is 111 Å². The van der Waals surface area contributed by atoms with Gasteiger partial charge in [-0.1, -0.05) is 12.2 Å². The molecule has 1 atom stereocenters. The largest absolute Gasteiger partial charge is 0.368 e. The molecule has 4 nitrogen and oxygen atoms in total. The van der Waals surface area contributed by atoms with Gasteiger partial charge >= 0.3 is 0 Å². The molecule has 16 heavy (non-hydrogen) atoms. The molecule has 5 heteroatoms. The maximum atomic E-state index is 10.6. The van der Waals surface area contributed by atoms with E-state index in [4.69, 9.17) is 0 Å². The van der Waals surface area contributed by atoms with E-state index in [1.165, 1.54) is 0 Å². The molecule has 1 aromatic carbocycles. The third-order valence-electron chi connectivity index (χ3n) is 2.77. The van der Waals surface area contributed by atoms with Crippen LogP contribution in [0.3, 0.4) is 0 Å².